The van der Waals surface area contributed by atoms with Crippen molar-refractivity contribution in [1.82, 2.24) is 4.90 Å². The molecule has 206 valence electrons. The summed E-state index contributed by atoms with van der Waals surface area (Å²) in [4.78, 5) is 29.2. The number of rotatable bonds is 9. The molecule has 1 aliphatic heterocycles. The van der Waals surface area contributed by atoms with Crippen molar-refractivity contribution in [2.45, 2.75) is 85.0 Å². The summed E-state index contributed by atoms with van der Waals surface area (Å²) in [5.41, 5.74) is 4.50. The van der Waals surface area contributed by atoms with Crippen molar-refractivity contribution in [2.24, 2.45) is 11.8 Å². The molecule has 0 unspecified atom stereocenters. The third kappa shape index (κ3) is 7.59. The third-order valence-corrected chi connectivity index (χ3v) is 8.09. The SMILES string of the molecule is CCC(=O)OCc1cccc(OC2CCC(C(=O)N(C)c3ccc(CN4CCC[C@@H](C)C4)c(C)c3)CC2)c1. The molecule has 1 heterocycles. The van der Waals surface area contributed by atoms with Crippen LogP contribution in [0.5, 0.6) is 5.75 Å². The second-order valence-electron chi connectivity index (χ2n) is 11.2. The van der Waals surface area contributed by atoms with Crippen molar-refractivity contribution in [3.63, 3.8) is 0 Å². The van der Waals surface area contributed by atoms with E-state index in [1.807, 2.05) is 36.2 Å². The molecule has 1 atom stereocenters. The summed E-state index contributed by atoms with van der Waals surface area (Å²) in [6, 6.07) is 14.2. The Balaban J connectivity index is 1.27. The molecule has 2 aromatic carbocycles. The fraction of sp³-hybridized carbons (Fsp3) is 0.562. The minimum Gasteiger partial charge on any atom is -0.490 e. The quantitative estimate of drug-likeness (QED) is 0.364. The van der Waals surface area contributed by atoms with E-state index in [-0.39, 0.29) is 30.5 Å². The molecule has 38 heavy (non-hydrogen) atoms. The van der Waals surface area contributed by atoms with E-state index in [9.17, 15) is 9.59 Å². The van der Waals surface area contributed by atoms with Crippen LogP contribution >= 0.6 is 0 Å². The van der Waals surface area contributed by atoms with Crippen molar-refractivity contribution in [3.05, 3.63) is 59.2 Å². The first kappa shape index (κ1) is 28.2. The Morgan fingerprint density at radius 2 is 1.84 bits per heavy atom. The van der Waals surface area contributed by atoms with Gasteiger partial charge < -0.3 is 14.4 Å². The Kier molecular flexibility index (Phi) is 9.84. The van der Waals surface area contributed by atoms with Crippen LogP contribution in [0.4, 0.5) is 5.69 Å². The van der Waals surface area contributed by atoms with Gasteiger partial charge in [-0.1, -0.05) is 32.0 Å². The van der Waals surface area contributed by atoms with Crippen LogP contribution in [-0.2, 0) is 27.5 Å². The van der Waals surface area contributed by atoms with Crippen LogP contribution in [-0.4, -0.2) is 43.0 Å². The Hall–Kier alpha value is -2.86. The number of hydrogen-bond acceptors (Lipinski definition) is 5. The van der Waals surface area contributed by atoms with E-state index >= 15 is 0 Å². The summed E-state index contributed by atoms with van der Waals surface area (Å²) >= 11 is 0. The van der Waals surface area contributed by atoms with Gasteiger partial charge in [0, 0.05) is 38.2 Å². The van der Waals surface area contributed by atoms with E-state index in [0.29, 0.717) is 6.42 Å². The molecule has 1 saturated carbocycles. The number of piperidine rings is 1. The van der Waals surface area contributed by atoms with E-state index < -0.39 is 0 Å². The van der Waals surface area contributed by atoms with Crippen molar-refractivity contribution < 1.29 is 19.1 Å². The maximum absolute atomic E-state index is 13.3. The average Bonchev–Trinajstić information content (AvgIpc) is 2.92. The highest BCUT2D eigenvalue weighted by Gasteiger charge is 2.30. The highest BCUT2D eigenvalue weighted by atomic mass is 16.5. The molecule has 4 rings (SSSR count). The van der Waals surface area contributed by atoms with Gasteiger partial charge in [0.2, 0.25) is 5.91 Å². The normalized spacial score (nSPS) is 22.1. The number of ether oxygens (including phenoxy) is 2. The van der Waals surface area contributed by atoms with Crippen LogP contribution in [0.2, 0.25) is 0 Å². The largest absolute Gasteiger partial charge is 0.490 e. The van der Waals surface area contributed by atoms with E-state index in [2.05, 4.69) is 36.9 Å². The number of benzene rings is 2. The third-order valence-electron chi connectivity index (χ3n) is 8.09. The lowest BCUT2D eigenvalue weighted by Gasteiger charge is -2.32. The first-order valence-electron chi connectivity index (χ1n) is 14.3. The van der Waals surface area contributed by atoms with Crippen molar-refractivity contribution in [1.29, 1.82) is 0 Å². The maximum atomic E-state index is 13.3. The highest BCUT2D eigenvalue weighted by molar-refractivity contribution is 5.94. The first-order chi connectivity index (χ1) is 18.3. The zero-order valence-electron chi connectivity index (χ0n) is 23.6. The number of likely N-dealkylation sites (tertiary alicyclic amines) is 1. The Morgan fingerprint density at radius 1 is 1.05 bits per heavy atom. The lowest BCUT2D eigenvalue weighted by atomic mass is 9.86. The smallest absolute Gasteiger partial charge is 0.305 e. The summed E-state index contributed by atoms with van der Waals surface area (Å²) in [5.74, 6) is 1.57. The van der Waals surface area contributed by atoms with Gasteiger partial charge in [0.05, 0.1) is 6.10 Å². The van der Waals surface area contributed by atoms with Crippen molar-refractivity contribution in [2.75, 3.05) is 25.0 Å². The van der Waals surface area contributed by atoms with Gasteiger partial charge in [-0.05, 0) is 98.9 Å². The summed E-state index contributed by atoms with van der Waals surface area (Å²) in [6.07, 6.45) is 6.44. The van der Waals surface area contributed by atoms with Crippen molar-refractivity contribution in [3.8, 4) is 5.75 Å². The predicted octanol–water partition coefficient (Wildman–Crippen LogP) is 6.28. The zero-order chi connectivity index (χ0) is 27.1. The molecule has 6 nitrogen and oxygen atoms in total. The van der Waals surface area contributed by atoms with Gasteiger partial charge in [0.25, 0.3) is 0 Å². The van der Waals surface area contributed by atoms with Gasteiger partial charge in [0.1, 0.15) is 12.4 Å². The van der Waals surface area contributed by atoms with Crippen LogP contribution < -0.4 is 9.64 Å². The number of amides is 1. The zero-order valence-corrected chi connectivity index (χ0v) is 23.6. The number of carbonyl (C=O) groups is 2. The number of carbonyl (C=O) groups excluding carboxylic acids is 2. The molecule has 1 saturated heterocycles. The summed E-state index contributed by atoms with van der Waals surface area (Å²) in [5, 5.41) is 0. The highest BCUT2D eigenvalue weighted by Crippen LogP contribution is 2.31. The van der Waals surface area contributed by atoms with Crippen LogP contribution in [0.15, 0.2) is 42.5 Å². The number of esters is 1. The van der Waals surface area contributed by atoms with Crippen LogP contribution in [0.25, 0.3) is 0 Å². The molecule has 0 aromatic heterocycles. The Bertz CT molecular complexity index is 1090. The van der Waals surface area contributed by atoms with Gasteiger partial charge in [-0.2, -0.15) is 0 Å². The molecule has 2 aliphatic rings. The average molecular weight is 521 g/mol. The van der Waals surface area contributed by atoms with Crippen LogP contribution in [0.3, 0.4) is 0 Å². The topological polar surface area (TPSA) is 59.1 Å². The maximum Gasteiger partial charge on any atom is 0.305 e. The first-order valence-corrected chi connectivity index (χ1v) is 14.3. The molecular weight excluding hydrogens is 476 g/mol. The molecule has 0 radical (unpaired) electrons. The number of hydrogen-bond donors (Lipinski definition) is 0. The second-order valence-corrected chi connectivity index (χ2v) is 11.2. The number of aryl methyl sites for hydroxylation is 1. The van der Waals surface area contributed by atoms with E-state index in [1.54, 1.807) is 6.92 Å². The molecule has 0 bridgehead atoms. The minimum absolute atomic E-state index is 0.0226. The molecular formula is C32H44N2O4. The molecule has 2 fully saturated rings. The molecule has 0 spiro atoms. The van der Waals surface area contributed by atoms with Crippen molar-refractivity contribution >= 4 is 17.6 Å². The van der Waals surface area contributed by atoms with Gasteiger partial charge >= 0.3 is 5.97 Å². The molecule has 0 N–H and O–H groups in total. The molecule has 2 aromatic rings. The molecule has 6 heteroatoms. The number of nitrogens with zero attached hydrogens (tertiary/aromatic N) is 2. The van der Waals surface area contributed by atoms with E-state index in [4.69, 9.17) is 9.47 Å². The van der Waals surface area contributed by atoms with Gasteiger partial charge in [0.15, 0.2) is 0 Å². The molecule has 1 amide bonds. The standard InChI is InChI=1S/C32H44N2O4/c1-5-31(35)37-22-25-9-6-10-30(19-25)38-29-15-12-26(13-16-29)32(36)33(4)28-14-11-27(24(3)18-28)21-34-17-7-8-23(2)20-34/h6,9-11,14,18-19,23,26,29H,5,7-8,12-13,15-17,20-22H2,1-4H3/t23-,26?,29?/m1/s1. The van der Waals surface area contributed by atoms with E-state index in [0.717, 1.165) is 55.1 Å². The predicted molar refractivity (Wildman–Crippen MR) is 151 cm³/mol. The Morgan fingerprint density at radius 3 is 2.55 bits per heavy atom. The minimum atomic E-state index is -0.206. The van der Waals surface area contributed by atoms with E-state index in [1.165, 1.54) is 37.1 Å². The summed E-state index contributed by atoms with van der Waals surface area (Å²) in [6.45, 7) is 9.89. The monoisotopic (exact) mass is 520 g/mol. The lowest BCUT2D eigenvalue weighted by Crippen LogP contribution is -2.37. The van der Waals surface area contributed by atoms with Crippen LogP contribution in [0.1, 0.15) is 75.5 Å². The van der Waals surface area contributed by atoms with Gasteiger partial charge in [-0.25, -0.2) is 0 Å². The fourth-order valence-corrected chi connectivity index (χ4v) is 5.73. The number of anilines is 1. The second kappa shape index (κ2) is 13.3. The van der Waals surface area contributed by atoms with Gasteiger partial charge in [-0.15, -0.1) is 0 Å². The fourth-order valence-electron chi connectivity index (χ4n) is 5.73. The summed E-state index contributed by atoms with van der Waals surface area (Å²) in [7, 11) is 1.91. The van der Waals surface area contributed by atoms with Crippen LogP contribution in [0, 0.1) is 18.8 Å². The van der Waals surface area contributed by atoms with Gasteiger partial charge in [-0.3, -0.25) is 14.5 Å². The Labute approximate surface area is 228 Å². The molecule has 1 aliphatic carbocycles. The summed E-state index contributed by atoms with van der Waals surface area (Å²) < 4.78 is 11.5. The lowest BCUT2D eigenvalue weighted by molar-refractivity contribution is -0.144.